The molecule has 1 aliphatic rings. The molecule has 1 aromatic rings. The first-order valence-corrected chi connectivity index (χ1v) is 6.85. The molecule has 0 amide bonds. The molecule has 1 heterocycles. The van der Waals surface area contributed by atoms with Crippen molar-refractivity contribution in [3.8, 4) is 0 Å². The van der Waals surface area contributed by atoms with Crippen molar-refractivity contribution in [2.75, 3.05) is 24.6 Å². The second-order valence-corrected chi connectivity index (χ2v) is 5.64. The lowest BCUT2D eigenvalue weighted by atomic mass is 9.97. The van der Waals surface area contributed by atoms with Gasteiger partial charge in [-0.1, -0.05) is 18.2 Å². The van der Waals surface area contributed by atoms with Gasteiger partial charge < -0.3 is 15.7 Å². The first kappa shape index (κ1) is 13.4. The standard InChI is InChI=1S/C15H24N2O/c1-15(16,12-18)9-4-5-10-17-11-8-13-6-2-3-7-14(13)17/h2-3,6-7,18H,4-5,8-12,16H2,1H3. The molecule has 0 spiro atoms. The average molecular weight is 248 g/mol. The van der Waals surface area contributed by atoms with E-state index in [1.54, 1.807) is 0 Å². The average Bonchev–Trinajstić information content (AvgIpc) is 2.78. The minimum atomic E-state index is -0.414. The summed E-state index contributed by atoms with van der Waals surface area (Å²) in [6, 6.07) is 8.66. The first-order chi connectivity index (χ1) is 8.62. The highest BCUT2D eigenvalue weighted by Crippen LogP contribution is 2.27. The third-order valence-electron chi connectivity index (χ3n) is 3.77. The Hall–Kier alpha value is -1.06. The van der Waals surface area contributed by atoms with Crippen molar-refractivity contribution in [3.05, 3.63) is 29.8 Å². The van der Waals surface area contributed by atoms with Crippen LogP contribution in [0.25, 0.3) is 0 Å². The predicted molar refractivity (Wildman–Crippen MR) is 75.9 cm³/mol. The third-order valence-corrected chi connectivity index (χ3v) is 3.77. The number of aliphatic hydroxyl groups is 1. The summed E-state index contributed by atoms with van der Waals surface area (Å²) in [5.74, 6) is 0. The number of hydrogen-bond donors (Lipinski definition) is 2. The molecule has 1 unspecified atom stereocenters. The van der Waals surface area contributed by atoms with E-state index in [1.807, 2.05) is 6.92 Å². The van der Waals surface area contributed by atoms with E-state index in [-0.39, 0.29) is 6.61 Å². The number of nitrogens with zero attached hydrogens (tertiary/aromatic N) is 1. The van der Waals surface area contributed by atoms with Gasteiger partial charge in [-0.05, 0) is 44.2 Å². The van der Waals surface area contributed by atoms with Crippen LogP contribution in [-0.4, -0.2) is 30.3 Å². The lowest BCUT2D eigenvalue weighted by molar-refractivity contribution is 0.197. The Morgan fingerprint density at radius 1 is 1.33 bits per heavy atom. The van der Waals surface area contributed by atoms with Crippen molar-refractivity contribution in [1.29, 1.82) is 0 Å². The summed E-state index contributed by atoms with van der Waals surface area (Å²) in [4.78, 5) is 2.46. The quantitative estimate of drug-likeness (QED) is 0.756. The molecule has 0 fully saturated rings. The highest BCUT2D eigenvalue weighted by atomic mass is 16.3. The van der Waals surface area contributed by atoms with E-state index < -0.39 is 5.54 Å². The van der Waals surface area contributed by atoms with E-state index in [1.165, 1.54) is 17.7 Å². The fourth-order valence-corrected chi connectivity index (χ4v) is 2.55. The van der Waals surface area contributed by atoms with Crippen molar-refractivity contribution in [1.82, 2.24) is 0 Å². The summed E-state index contributed by atoms with van der Waals surface area (Å²) in [5.41, 5.74) is 8.38. The van der Waals surface area contributed by atoms with Gasteiger partial charge in [0.2, 0.25) is 0 Å². The van der Waals surface area contributed by atoms with Gasteiger partial charge in [0, 0.05) is 24.3 Å². The molecular weight excluding hydrogens is 224 g/mol. The number of aliphatic hydroxyl groups excluding tert-OH is 1. The highest BCUT2D eigenvalue weighted by Gasteiger charge is 2.19. The molecule has 1 aromatic carbocycles. The summed E-state index contributed by atoms with van der Waals surface area (Å²) >= 11 is 0. The zero-order valence-electron chi connectivity index (χ0n) is 11.2. The van der Waals surface area contributed by atoms with E-state index in [0.29, 0.717) is 0 Å². The molecule has 3 heteroatoms. The van der Waals surface area contributed by atoms with E-state index in [4.69, 9.17) is 10.8 Å². The second kappa shape index (κ2) is 5.72. The van der Waals surface area contributed by atoms with Crippen LogP contribution >= 0.6 is 0 Å². The number of rotatable bonds is 6. The van der Waals surface area contributed by atoms with Gasteiger partial charge in [0.15, 0.2) is 0 Å². The highest BCUT2D eigenvalue weighted by molar-refractivity contribution is 5.57. The summed E-state index contributed by atoms with van der Waals surface area (Å²) in [7, 11) is 0. The fraction of sp³-hybridized carbons (Fsp3) is 0.600. The zero-order valence-corrected chi connectivity index (χ0v) is 11.2. The molecule has 18 heavy (non-hydrogen) atoms. The number of anilines is 1. The van der Waals surface area contributed by atoms with Gasteiger partial charge in [-0.25, -0.2) is 0 Å². The van der Waals surface area contributed by atoms with Crippen molar-refractivity contribution >= 4 is 5.69 Å². The largest absolute Gasteiger partial charge is 0.394 e. The van der Waals surface area contributed by atoms with Crippen LogP contribution < -0.4 is 10.6 Å². The lowest BCUT2D eigenvalue weighted by Crippen LogP contribution is -2.40. The Morgan fingerprint density at radius 3 is 2.89 bits per heavy atom. The van der Waals surface area contributed by atoms with Crippen LogP contribution in [0.15, 0.2) is 24.3 Å². The molecule has 100 valence electrons. The predicted octanol–water partition coefficient (Wildman–Crippen LogP) is 1.93. The van der Waals surface area contributed by atoms with Crippen molar-refractivity contribution in [2.24, 2.45) is 5.73 Å². The topological polar surface area (TPSA) is 49.5 Å². The molecule has 3 nitrogen and oxygen atoms in total. The maximum absolute atomic E-state index is 9.10. The summed E-state index contributed by atoms with van der Waals surface area (Å²) in [5, 5.41) is 9.10. The second-order valence-electron chi connectivity index (χ2n) is 5.64. The maximum Gasteiger partial charge on any atom is 0.0608 e. The maximum atomic E-state index is 9.10. The molecule has 0 aliphatic carbocycles. The molecule has 3 N–H and O–H groups in total. The van der Waals surface area contributed by atoms with Crippen molar-refractivity contribution < 1.29 is 5.11 Å². The molecule has 0 saturated heterocycles. The Morgan fingerprint density at radius 2 is 2.11 bits per heavy atom. The summed E-state index contributed by atoms with van der Waals surface area (Å²) < 4.78 is 0. The fourth-order valence-electron chi connectivity index (χ4n) is 2.55. The van der Waals surface area contributed by atoms with Gasteiger partial charge in [-0.15, -0.1) is 0 Å². The summed E-state index contributed by atoms with van der Waals surface area (Å²) in [6.07, 6.45) is 4.27. The number of para-hydroxylation sites is 1. The van der Waals surface area contributed by atoms with Crippen LogP contribution in [0.5, 0.6) is 0 Å². The number of unbranched alkanes of at least 4 members (excludes halogenated alkanes) is 1. The van der Waals surface area contributed by atoms with Crippen LogP contribution in [0.4, 0.5) is 5.69 Å². The van der Waals surface area contributed by atoms with Gasteiger partial charge >= 0.3 is 0 Å². The van der Waals surface area contributed by atoms with Crippen molar-refractivity contribution in [3.63, 3.8) is 0 Å². The number of hydrogen-bond acceptors (Lipinski definition) is 3. The van der Waals surface area contributed by atoms with Crippen LogP contribution in [0.1, 0.15) is 31.7 Å². The van der Waals surface area contributed by atoms with Gasteiger partial charge in [0.25, 0.3) is 0 Å². The first-order valence-electron chi connectivity index (χ1n) is 6.85. The summed E-state index contributed by atoms with van der Waals surface area (Å²) in [6.45, 7) is 4.22. The van der Waals surface area contributed by atoms with Crippen LogP contribution in [0, 0.1) is 0 Å². The number of fused-ring (bicyclic) bond motifs is 1. The lowest BCUT2D eigenvalue weighted by Gasteiger charge is -2.23. The smallest absolute Gasteiger partial charge is 0.0608 e. The van der Waals surface area contributed by atoms with Gasteiger partial charge in [0.1, 0.15) is 0 Å². The van der Waals surface area contributed by atoms with E-state index in [0.717, 1.165) is 32.4 Å². The molecule has 0 saturated carbocycles. The van der Waals surface area contributed by atoms with Gasteiger partial charge in [-0.2, -0.15) is 0 Å². The van der Waals surface area contributed by atoms with Crippen LogP contribution in [0.3, 0.4) is 0 Å². The molecule has 0 aromatic heterocycles. The number of benzene rings is 1. The van der Waals surface area contributed by atoms with E-state index in [2.05, 4.69) is 29.2 Å². The molecule has 1 aliphatic heterocycles. The zero-order chi connectivity index (χ0) is 13.0. The molecular formula is C15H24N2O. The Kier molecular flexibility index (Phi) is 4.25. The normalized spacial score (nSPS) is 17.6. The van der Waals surface area contributed by atoms with Crippen molar-refractivity contribution in [2.45, 2.75) is 38.1 Å². The minimum Gasteiger partial charge on any atom is -0.394 e. The van der Waals surface area contributed by atoms with E-state index in [9.17, 15) is 0 Å². The van der Waals surface area contributed by atoms with Gasteiger partial charge in [-0.3, -0.25) is 0 Å². The number of nitrogens with two attached hydrogens (primary N) is 1. The molecule has 0 bridgehead atoms. The third kappa shape index (κ3) is 3.24. The van der Waals surface area contributed by atoms with Crippen LogP contribution in [0.2, 0.25) is 0 Å². The van der Waals surface area contributed by atoms with Crippen LogP contribution in [-0.2, 0) is 6.42 Å². The Labute approximate surface area is 110 Å². The Bertz CT molecular complexity index is 390. The Balaban J connectivity index is 1.76. The van der Waals surface area contributed by atoms with E-state index >= 15 is 0 Å². The molecule has 2 rings (SSSR count). The monoisotopic (exact) mass is 248 g/mol. The SMILES string of the molecule is CC(N)(CO)CCCCN1CCc2ccccc21. The molecule has 1 atom stereocenters. The minimum absolute atomic E-state index is 0.0690. The molecule has 0 radical (unpaired) electrons. The van der Waals surface area contributed by atoms with Gasteiger partial charge in [0.05, 0.1) is 6.61 Å².